The third kappa shape index (κ3) is 2.29. The smallest absolute Gasteiger partial charge is 0.276 e. The van der Waals surface area contributed by atoms with Crippen LogP contribution in [0.2, 0.25) is 0 Å². The molecule has 0 fully saturated rings. The summed E-state index contributed by atoms with van der Waals surface area (Å²) in [7, 11) is 0. The van der Waals surface area contributed by atoms with E-state index in [9.17, 15) is 4.79 Å². The summed E-state index contributed by atoms with van der Waals surface area (Å²) in [5.41, 5.74) is 1.29. The van der Waals surface area contributed by atoms with E-state index >= 15 is 0 Å². The Kier molecular flexibility index (Phi) is 3.24. The monoisotopic (exact) mass is 274 g/mol. The van der Waals surface area contributed by atoms with Gasteiger partial charge in [0.2, 0.25) is 6.79 Å². The molecule has 1 aromatic carbocycles. The number of carbonyl (C=O) groups excluding carboxylic acids is 1. The zero-order valence-corrected chi connectivity index (χ0v) is 11.0. The molecule has 3 rings (SSSR count). The summed E-state index contributed by atoms with van der Waals surface area (Å²) in [5, 5.41) is 9.91. The van der Waals surface area contributed by atoms with Crippen LogP contribution in [0.5, 0.6) is 11.5 Å². The highest BCUT2D eigenvalue weighted by molar-refractivity contribution is 5.91. The Morgan fingerprint density at radius 3 is 3.00 bits per heavy atom. The quantitative estimate of drug-likeness (QED) is 0.906. The topological polar surface area (TPSA) is 80.3 Å². The predicted molar refractivity (Wildman–Crippen MR) is 69.4 cm³/mol. The average molecular weight is 274 g/mol. The number of carbonyl (C=O) groups is 1. The number of fused-ring (bicyclic) bond motifs is 1. The first kappa shape index (κ1) is 12.5. The van der Waals surface area contributed by atoms with Crippen molar-refractivity contribution in [1.29, 1.82) is 0 Å². The Hall–Kier alpha value is -2.57. The van der Waals surface area contributed by atoms with E-state index in [4.69, 9.17) is 9.47 Å². The first-order valence-electron chi connectivity index (χ1n) is 6.31. The Balaban J connectivity index is 1.76. The van der Waals surface area contributed by atoms with Crippen molar-refractivity contribution in [3.63, 3.8) is 0 Å². The fraction of sp³-hybridized carbons (Fsp3) is 0.308. The van der Waals surface area contributed by atoms with Crippen molar-refractivity contribution < 1.29 is 14.3 Å². The number of hydrogen-bond donors (Lipinski definition) is 1. The third-order valence-corrected chi connectivity index (χ3v) is 3.11. The van der Waals surface area contributed by atoms with Gasteiger partial charge in [0.15, 0.2) is 17.2 Å². The van der Waals surface area contributed by atoms with E-state index in [2.05, 4.69) is 15.4 Å². The Bertz CT molecular complexity index is 612. The molecule has 7 heteroatoms. The van der Waals surface area contributed by atoms with Crippen LogP contribution in [0, 0.1) is 0 Å². The fourth-order valence-corrected chi connectivity index (χ4v) is 2.05. The standard InChI is InChI=1S/C13H14N4O3/c1-2-17(13(18)10-6-14-16-15-10)7-9-3-4-11-12(5-9)20-8-19-11/h3-6H,2,7-8H2,1H3,(H,14,15,16). The molecule has 0 saturated carbocycles. The predicted octanol–water partition coefficient (Wildman–Crippen LogP) is 1.20. The molecule has 7 nitrogen and oxygen atoms in total. The maximum atomic E-state index is 12.2. The maximum Gasteiger partial charge on any atom is 0.276 e. The molecule has 1 aliphatic heterocycles. The second kappa shape index (κ2) is 5.20. The molecule has 2 aromatic rings. The third-order valence-electron chi connectivity index (χ3n) is 3.11. The highest BCUT2D eigenvalue weighted by atomic mass is 16.7. The number of aromatic amines is 1. The first-order valence-corrected chi connectivity index (χ1v) is 6.31. The van der Waals surface area contributed by atoms with Crippen LogP contribution in [0.15, 0.2) is 24.4 Å². The van der Waals surface area contributed by atoms with Gasteiger partial charge in [0.25, 0.3) is 5.91 Å². The lowest BCUT2D eigenvalue weighted by Crippen LogP contribution is -2.30. The molecule has 0 spiro atoms. The zero-order valence-electron chi connectivity index (χ0n) is 11.0. The van der Waals surface area contributed by atoms with Gasteiger partial charge in [-0.05, 0) is 24.6 Å². The molecule has 0 radical (unpaired) electrons. The van der Waals surface area contributed by atoms with Crippen molar-refractivity contribution in [2.75, 3.05) is 13.3 Å². The molecule has 0 saturated heterocycles. The summed E-state index contributed by atoms with van der Waals surface area (Å²) in [6.07, 6.45) is 1.42. The van der Waals surface area contributed by atoms with Crippen molar-refractivity contribution in [3.8, 4) is 11.5 Å². The highest BCUT2D eigenvalue weighted by Gasteiger charge is 2.19. The molecule has 104 valence electrons. The van der Waals surface area contributed by atoms with Gasteiger partial charge >= 0.3 is 0 Å². The van der Waals surface area contributed by atoms with Crippen molar-refractivity contribution >= 4 is 5.91 Å². The van der Waals surface area contributed by atoms with Crippen LogP contribution < -0.4 is 9.47 Å². The van der Waals surface area contributed by atoms with Gasteiger partial charge in [-0.2, -0.15) is 15.4 Å². The summed E-state index contributed by atoms with van der Waals surface area (Å²) < 4.78 is 10.6. The van der Waals surface area contributed by atoms with Crippen molar-refractivity contribution in [3.05, 3.63) is 35.7 Å². The molecule has 1 amide bonds. The molecule has 2 heterocycles. The van der Waals surface area contributed by atoms with Crippen LogP contribution in [-0.4, -0.2) is 39.6 Å². The van der Waals surface area contributed by atoms with Gasteiger partial charge in [-0.25, -0.2) is 0 Å². The van der Waals surface area contributed by atoms with E-state index in [0.29, 0.717) is 24.5 Å². The molecular weight excluding hydrogens is 260 g/mol. The summed E-state index contributed by atoms with van der Waals surface area (Å²) in [6.45, 7) is 3.23. The van der Waals surface area contributed by atoms with E-state index in [0.717, 1.165) is 11.3 Å². The van der Waals surface area contributed by atoms with E-state index in [1.54, 1.807) is 4.90 Å². The minimum atomic E-state index is -0.154. The van der Waals surface area contributed by atoms with Crippen molar-refractivity contribution in [1.82, 2.24) is 20.3 Å². The minimum absolute atomic E-state index is 0.154. The maximum absolute atomic E-state index is 12.2. The first-order chi connectivity index (χ1) is 9.78. The van der Waals surface area contributed by atoms with Crippen LogP contribution in [0.25, 0.3) is 0 Å². The number of rotatable bonds is 4. The molecular formula is C13H14N4O3. The summed E-state index contributed by atoms with van der Waals surface area (Å²) in [4.78, 5) is 13.9. The Labute approximate surface area is 115 Å². The number of aromatic nitrogens is 3. The van der Waals surface area contributed by atoms with E-state index < -0.39 is 0 Å². The highest BCUT2D eigenvalue weighted by Crippen LogP contribution is 2.32. The molecule has 0 bridgehead atoms. The van der Waals surface area contributed by atoms with Crippen LogP contribution in [0.3, 0.4) is 0 Å². The van der Waals surface area contributed by atoms with Crippen LogP contribution in [0.4, 0.5) is 0 Å². The molecule has 1 N–H and O–H groups in total. The van der Waals surface area contributed by atoms with E-state index in [-0.39, 0.29) is 12.7 Å². The number of ether oxygens (including phenoxy) is 2. The largest absolute Gasteiger partial charge is 0.454 e. The molecule has 0 aliphatic carbocycles. The number of nitrogens with zero attached hydrogens (tertiary/aromatic N) is 3. The minimum Gasteiger partial charge on any atom is -0.454 e. The molecule has 20 heavy (non-hydrogen) atoms. The number of H-pyrrole nitrogens is 1. The van der Waals surface area contributed by atoms with Gasteiger partial charge in [-0.1, -0.05) is 6.07 Å². The van der Waals surface area contributed by atoms with Gasteiger partial charge < -0.3 is 14.4 Å². The Morgan fingerprint density at radius 1 is 1.40 bits per heavy atom. The van der Waals surface area contributed by atoms with Gasteiger partial charge in [-0.3, -0.25) is 4.79 Å². The summed E-state index contributed by atoms with van der Waals surface area (Å²) in [6, 6.07) is 5.67. The Morgan fingerprint density at radius 2 is 2.25 bits per heavy atom. The lowest BCUT2D eigenvalue weighted by atomic mass is 10.2. The second-order valence-electron chi connectivity index (χ2n) is 4.36. The average Bonchev–Trinajstić information content (AvgIpc) is 3.14. The molecule has 1 aromatic heterocycles. The van der Waals surface area contributed by atoms with Crippen LogP contribution in [-0.2, 0) is 6.54 Å². The molecule has 1 aliphatic rings. The van der Waals surface area contributed by atoms with Crippen LogP contribution in [0.1, 0.15) is 23.0 Å². The molecule has 0 unspecified atom stereocenters. The van der Waals surface area contributed by atoms with Crippen molar-refractivity contribution in [2.24, 2.45) is 0 Å². The SMILES string of the molecule is CCN(Cc1ccc2c(c1)OCO2)C(=O)c1cn[nH]n1. The lowest BCUT2D eigenvalue weighted by Gasteiger charge is -2.19. The summed E-state index contributed by atoms with van der Waals surface area (Å²) >= 11 is 0. The molecule has 0 atom stereocenters. The van der Waals surface area contributed by atoms with Crippen molar-refractivity contribution in [2.45, 2.75) is 13.5 Å². The van der Waals surface area contributed by atoms with E-state index in [1.807, 2.05) is 25.1 Å². The second-order valence-corrected chi connectivity index (χ2v) is 4.36. The zero-order chi connectivity index (χ0) is 13.9. The normalized spacial score (nSPS) is 12.4. The van der Waals surface area contributed by atoms with E-state index in [1.165, 1.54) is 6.20 Å². The lowest BCUT2D eigenvalue weighted by molar-refractivity contribution is 0.0746. The number of nitrogens with one attached hydrogen (secondary N) is 1. The van der Waals surface area contributed by atoms with Gasteiger partial charge in [0, 0.05) is 13.1 Å². The number of amides is 1. The van der Waals surface area contributed by atoms with Crippen LogP contribution >= 0.6 is 0 Å². The van der Waals surface area contributed by atoms with Gasteiger partial charge in [0.05, 0.1) is 6.20 Å². The van der Waals surface area contributed by atoms with Gasteiger partial charge in [0.1, 0.15) is 0 Å². The summed E-state index contributed by atoms with van der Waals surface area (Å²) in [5.74, 6) is 1.30. The fourth-order valence-electron chi connectivity index (χ4n) is 2.05. The number of benzene rings is 1. The van der Waals surface area contributed by atoms with Gasteiger partial charge in [-0.15, -0.1) is 0 Å². The number of hydrogen-bond acceptors (Lipinski definition) is 5.